The summed E-state index contributed by atoms with van der Waals surface area (Å²) >= 11 is 0. The lowest BCUT2D eigenvalue weighted by molar-refractivity contribution is -0.182. The summed E-state index contributed by atoms with van der Waals surface area (Å²) in [5.74, 6) is -0.905. The van der Waals surface area contributed by atoms with E-state index in [-0.39, 0.29) is 0 Å². The normalized spacial score (nSPS) is 32.7. The molecule has 0 aromatic carbocycles. The highest BCUT2D eigenvalue weighted by atomic mass is 16.6. The molecule has 1 saturated heterocycles. The molecule has 104 valence electrons. The minimum absolute atomic E-state index is 0.678. The number of hydrogen-bond acceptors (Lipinski definition) is 6. The van der Waals surface area contributed by atoms with E-state index >= 15 is 0 Å². The van der Waals surface area contributed by atoms with Crippen LogP contribution in [0.15, 0.2) is 0 Å². The fourth-order valence-electron chi connectivity index (χ4n) is 1.59. The number of aliphatic hydroxyl groups is 2. The Morgan fingerprint density at radius 2 is 1.94 bits per heavy atom. The van der Waals surface area contributed by atoms with Crippen molar-refractivity contribution in [3.8, 4) is 0 Å². The van der Waals surface area contributed by atoms with Gasteiger partial charge in [0.1, 0.15) is 17.8 Å². The first-order valence-electron chi connectivity index (χ1n) is 5.68. The van der Waals surface area contributed by atoms with Gasteiger partial charge in [-0.1, -0.05) is 0 Å². The zero-order valence-electron chi connectivity index (χ0n) is 10.8. The molecule has 1 rings (SSSR count). The van der Waals surface area contributed by atoms with Crippen LogP contribution in [0.4, 0.5) is 4.79 Å². The van der Waals surface area contributed by atoms with Crippen molar-refractivity contribution in [1.82, 2.24) is 5.32 Å². The third-order valence-electron chi connectivity index (χ3n) is 2.42. The highest BCUT2D eigenvalue weighted by Gasteiger charge is 2.43. The molecular weight excluding hydrogens is 242 g/mol. The molecule has 4 unspecified atom stereocenters. The third-order valence-corrected chi connectivity index (χ3v) is 2.42. The Bertz CT molecular complexity index is 337. The number of ether oxygens (including phenoxy) is 2. The molecule has 0 radical (unpaired) electrons. The molecule has 0 aliphatic carbocycles. The van der Waals surface area contributed by atoms with Crippen molar-refractivity contribution in [2.45, 2.75) is 57.6 Å². The minimum atomic E-state index is -1.67. The Labute approximate surface area is 105 Å². The first-order valence-corrected chi connectivity index (χ1v) is 5.68. The van der Waals surface area contributed by atoms with E-state index < -0.39 is 42.0 Å². The van der Waals surface area contributed by atoms with E-state index in [1.54, 1.807) is 20.8 Å². The number of cyclic esters (lactones) is 1. The first kappa shape index (κ1) is 14.7. The molecule has 7 heteroatoms. The van der Waals surface area contributed by atoms with Gasteiger partial charge < -0.3 is 25.0 Å². The molecular formula is C11H19NO6. The van der Waals surface area contributed by atoms with Crippen LogP contribution in [-0.2, 0) is 14.3 Å². The van der Waals surface area contributed by atoms with Crippen molar-refractivity contribution in [2.24, 2.45) is 0 Å². The quantitative estimate of drug-likeness (QED) is 0.552. The molecule has 1 aliphatic heterocycles. The van der Waals surface area contributed by atoms with Crippen molar-refractivity contribution in [3.05, 3.63) is 0 Å². The van der Waals surface area contributed by atoms with Gasteiger partial charge in [-0.2, -0.15) is 0 Å². The topological polar surface area (TPSA) is 105 Å². The van der Waals surface area contributed by atoms with E-state index in [0.29, 0.717) is 0 Å². The summed E-state index contributed by atoms with van der Waals surface area (Å²) in [6.45, 7) is 6.60. The van der Waals surface area contributed by atoms with E-state index in [2.05, 4.69) is 5.32 Å². The van der Waals surface area contributed by atoms with Crippen LogP contribution in [0.25, 0.3) is 0 Å². The van der Waals surface area contributed by atoms with Gasteiger partial charge in [-0.05, 0) is 27.7 Å². The van der Waals surface area contributed by atoms with Gasteiger partial charge in [-0.25, -0.2) is 9.59 Å². The fraction of sp³-hybridized carbons (Fsp3) is 0.818. The van der Waals surface area contributed by atoms with Gasteiger partial charge in [-0.15, -0.1) is 0 Å². The largest absolute Gasteiger partial charge is 0.458 e. The standard InChI is InChI=1S/C11H19NO6/c1-5-6(7(13)8(14)9(15)17-5)12-10(16)18-11(2,3)4/h5-8,13-14H,1-4H3,(H,12,16). The second-order valence-electron chi connectivity index (χ2n) is 5.25. The van der Waals surface area contributed by atoms with E-state index in [9.17, 15) is 19.8 Å². The second-order valence-corrected chi connectivity index (χ2v) is 5.25. The molecule has 18 heavy (non-hydrogen) atoms. The van der Waals surface area contributed by atoms with Crippen LogP contribution in [0.3, 0.4) is 0 Å². The second kappa shape index (κ2) is 5.11. The Hall–Kier alpha value is -1.34. The molecule has 1 fully saturated rings. The van der Waals surface area contributed by atoms with Gasteiger partial charge in [-0.3, -0.25) is 0 Å². The van der Waals surface area contributed by atoms with Crippen LogP contribution >= 0.6 is 0 Å². The number of carbonyl (C=O) groups is 2. The predicted molar refractivity (Wildman–Crippen MR) is 60.7 cm³/mol. The summed E-state index contributed by atoms with van der Waals surface area (Å²) in [6.07, 6.45) is -4.58. The van der Waals surface area contributed by atoms with Crippen molar-refractivity contribution in [1.29, 1.82) is 0 Å². The van der Waals surface area contributed by atoms with Crippen molar-refractivity contribution in [2.75, 3.05) is 0 Å². The number of carbonyl (C=O) groups excluding carboxylic acids is 2. The van der Waals surface area contributed by atoms with E-state index in [1.807, 2.05) is 0 Å². The fourth-order valence-corrected chi connectivity index (χ4v) is 1.59. The van der Waals surface area contributed by atoms with Gasteiger partial charge in [0.05, 0.1) is 6.04 Å². The lowest BCUT2D eigenvalue weighted by Crippen LogP contribution is -2.61. The number of rotatable bonds is 1. The number of amides is 1. The first-order chi connectivity index (χ1) is 8.11. The van der Waals surface area contributed by atoms with Crippen LogP contribution in [0, 0.1) is 0 Å². The molecule has 4 atom stereocenters. The van der Waals surface area contributed by atoms with Gasteiger partial charge in [0.15, 0.2) is 6.10 Å². The van der Waals surface area contributed by atoms with Gasteiger partial charge in [0.25, 0.3) is 0 Å². The number of alkyl carbamates (subject to hydrolysis) is 1. The molecule has 0 aromatic rings. The average Bonchev–Trinajstić information content (AvgIpc) is 2.19. The van der Waals surface area contributed by atoms with Crippen molar-refractivity contribution in [3.63, 3.8) is 0 Å². The Balaban J connectivity index is 2.65. The van der Waals surface area contributed by atoms with E-state index in [1.165, 1.54) is 6.92 Å². The van der Waals surface area contributed by atoms with Crippen molar-refractivity contribution < 1.29 is 29.3 Å². The summed E-state index contributed by atoms with van der Waals surface area (Å²) < 4.78 is 9.81. The maximum absolute atomic E-state index is 11.5. The smallest absolute Gasteiger partial charge is 0.408 e. The van der Waals surface area contributed by atoms with Crippen LogP contribution in [0.5, 0.6) is 0 Å². The molecule has 1 heterocycles. The number of nitrogens with one attached hydrogen (secondary N) is 1. The highest BCUT2D eigenvalue weighted by Crippen LogP contribution is 2.17. The van der Waals surface area contributed by atoms with Crippen LogP contribution in [0.2, 0.25) is 0 Å². The summed E-state index contributed by atoms with van der Waals surface area (Å²) in [4.78, 5) is 22.6. The zero-order valence-corrected chi connectivity index (χ0v) is 10.8. The molecule has 0 aromatic heterocycles. The lowest BCUT2D eigenvalue weighted by Gasteiger charge is -2.36. The van der Waals surface area contributed by atoms with Crippen LogP contribution < -0.4 is 5.32 Å². The Kier molecular flexibility index (Phi) is 4.18. The Morgan fingerprint density at radius 1 is 1.39 bits per heavy atom. The minimum Gasteiger partial charge on any atom is -0.458 e. The summed E-state index contributed by atoms with van der Waals surface area (Å²) in [6, 6.07) is -0.910. The predicted octanol–water partition coefficient (Wildman–Crippen LogP) is -0.453. The molecule has 3 N–H and O–H groups in total. The van der Waals surface area contributed by atoms with Gasteiger partial charge in [0.2, 0.25) is 0 Å². The maximum Gasteiger partial charge on any atom is 0.408 e. The molecule has 0 saturated carbocycles. The van der Waals surface area contributed by atoms with E-state index in [0.717, 1.165) is 0 Å². The van der Waals surface area contributed by atoms with Crippen molar-refractivity contribution >= 4 is 12.1 Å². The van der Waals surface area contributed by atoms with Crippen LogP contribution in [-0.4, -0.2) is 52.2 Å². The molecule has 7 nitrogen and oxygen atoms in total. The van der Waals surface area contributed by atoms with E-state index in [4.69, 9.17) is 9.47 Å². The number of aliphatic hydroxyl groups excluding tert-OH is 2. The number of esters is 1. The van der Waals surface area contributed by atoms with Gasteiger partial charge >= 0.3 is 12.1 Å². The third kappa shape index (κ3) is 3.58. The summed E-state index contributed by atoms with van der Waals surface area (Å²) in [5.41, 5.74) is -0.678. The monoisotopic (exact) mass is 261 g/mol. The summed E-state index contributed by atoms with van der Waals surface area (Å²) in [5, 5.41) is 21.4. The average molecular weight is 261 g/mol. The molecule has 1 amide bonds. The SMILES string of the molecule is CC1OC(=O)C(O)C(O)C1NC(=O)OC(C)(C)C. The number of hydrogen-bond donors (Lipinski definition) is 3. The summed E-state index contributed by atoms with van der Waals surface area (Å²) in [7, 11) is 0. The molecule has 0 spiro atoms. The lowest BCUT2D eigenvalue weighted by atomic mass is 9.98. The maximum atomic E-state index is 11.5. The molecule has 1 aliphatic rings. The zero-order chi connectivity index (χ0) is 14.1. The Morgan fingerprint density at radius 3 is 2.44 bits per heavy atom. The highest BCUT2D eigenvalue weighted by molar-refractivity contribution is 5.77. The van der Waals surface area contributed by atoms with Crippen LogP contribution in [0.1, 0.15) is 27.7 Å². The molecule has 0 bridgehead atoms. The van der Waals surface area contributed by atoms with Gasteiger partial charge in [0, 0.05) is 0 Å².